The summed E-state index contributed by atoms with van der Waals surface area (Å²) in [4.78, 5) is 4.14. The molecule has 0 unspecified atom stereocenters. The SMILES string of the molecule is Cc1c(-c2ccc(C(F)(F)F)c3scnc23)c(C#N)nn1COCC[Si](C)(C)C. The first-order valence-corrected chi connectivity index (χ1v) is 13.6. The number of nitrogens with zero attached hydrogens (tertiary/aromatic N) is 4. The van der Waals surface area contributed by atoms with Crippen LogP contribution in [-0.2, 0) is 17.6 Å². The summed E-state index contributed by atoms with van der Waals surface area (Å²) in [5.41, 5.74) is 2.64. The van der Waals surface area contributed by atoms with Crippen molar-refractivity contribution >= 4 is 29.6 Å². The van der Waals surface area contributed by atoms with Crippen molar-refractivity contribution in [2.45, 2.75) is 45.5 Å². The van der Waals surface area contributed by atoms with E-state index in [2.05, 4.69) is 29.7 Å². The van der Waals surface area contributed by atoms with Gasteiger partial charge in [-0.1, -0.05) is 25.7 Å². The topological polar surface area (TPSA) is 63.7 Å². The third-order valence-corrected chi connectivity index (χ3v) is 7.14. The molecule has 0 fully saturated rings. The number of aromatic nitrogens is 3. The fourth-order valence-corrected chi connectivity index (χ4v) is 4.58. The molecular weight excluding hydrogens is 417 g/mol. The molecule has 0 bridgehead atoms. The Labute approximate surface area is 171 Å². The third kappa shape index (κ3) is 4.52. The van der Waals surface area contributed by atoms with Crippen molar-refractivity contribution in [3.63, 3.8) is 0 Å². The van der Waals surface area contributed by atoms with E-state index in [1.165, 1.54) is 11.6 Å². The van der Waals surface area contributed by atoms with Gasteiger partial charge < -0.3 is 4.74 Å². The molecule has 5 nitrogen and oxygen atoms in total. The van der Waals surface area contributed by atoms with Gasteiger partial charge in [0.05, 0.1) is 21.3 Å². The highest BCUT2D eigenvalue weighted by atomic mass is 32.1. The molecule has 0 amide bonds. The highest BCUT2D eigenvalue weighted by Gasteiger charge is 2.34. The molecule has 0 atom stereocenters. The predicted molar refractivity (Wildman–Crippen MR) is 109 cm³/mol. The van der Waals surface area contributed by atoms with Crippen LogP contribution < -0.4 is 0 Å². The molecule has 0 spiro atoms. The van der Waals surface area contributed by atoms with Crippen molar-refractivity contribution in [2.75, 3.05) is 6.61 Å². The summed E-state index contributed by atoms with van der Waals surface area (Å²) in [6.45, 7) is 9.33. The first kappa shape index (κ1) is 21.5. The summed E-state index contributed by atoms with van der Waals surface area (Å²) < 4.78 is 47.3. The predicted octanol–water partition coefficient (Wildman–Crippen LogP) is 5.67. The molecule has 0 saturated carbocycles. The summed E-state index contributed by atoms with van der Waals surface area (Å²) in [5.74, 6) is 0. The lowest BCUT2D eigenvalue weighted by Crippen LogP contribution is -2.22. The summed E-state index contributed by atoms with van der Waals surface area (Å²) in [6.07, 6.45) is -4.47. The summed E-state index contributed by atoms with van der Waals surface area (Å²) >= 11 is 0.933. The molecule has 0 aliphatic heterocycles. The highest BCUT2D eigenvalue weighted by molar-refractivity contribution is 7.17. The number of rotatable bonds is 6. The van der Waals surface area contributed by atoms with Crippen LogP contribution in [0.25, 0.3) is 21.3 Å². The van der Waals surface area contributed by atoms with Crippen molar-refractivity contribution < 1.29 is 17.9 Å². The van der Waals surface area contributed by atoms with Crippen molar-refractivity contribution in [1.29, 1.82) is 5.26 Å². The molecule has 0 radical (unpaired) electrons. The van der Waals surface area contributed by atoms with Crippen LogP contribution in [0.3, 0.4) is 0 Å². The van der Waals surface area contributed by atoms with E-state index >= 15 is 0 Å². The van der Waals surface area contributed by atoms with E-state index in [0.717, 1.165) is 23.4 Å². The van der Waals surface area contributed by atoms with Gasteiger partial charge >= 0.3 is 6.18 Å². The van der Waals surface area contributed by atoms with Gasteiger partial charge in [0.25, 0.3) is 0 Å². The maximum Gasteiger partial charge on any atom is 0.417 e. The van der Waals surface area contributed by atoms with Crippen LogP contribution in [0.4, 0.5) is 13.2 Å². The van der Waals surface area contributed by atoms with Crippen LogP contribution >= 0.6 is 11.3 Å². The standard InChI is InChI=1S/C19H21F3N4OSSi/c1-12-16(15(9-23)25-26(12)11-27-7-8-29(2,3)4)13-5-6-14(19(20,21)22)18-17(13)24-10-28-18/h5-6,10H,7-8,11H2,1-4H3. The number of hydrogen-bond acceptors (Lipinski definition) is 5. The number of thiazole rings is 1. The van der Waals surface area contributed by atoms with Crippen LogP contribution in [0, 0.1) is 18.3 Å². The van der Waals surface area contributed by atoms with E-state index in [1.54, 1.807) is 11.6 Å². The Bertz CT molecular complexity index is 1080. The van der Waals surface area contributed by atoms with Gasteiger partial charge in [-0.2, -0.15) is 23.5 Å². The van der Waals surface area contributed by atoms with E-state index in [-0.39, 0.29) is 22.6 Å². The van der Waals surface area contributed by atoms with Crippen LogP contribution in [0.15, 0.2) is 17.6 Å². The van der Waals surface area contributed by atoms with Gasteiger partial charge in [0.1, 0.15) is 12.8 Å². The van der Waals surface area contributed by atoms with Crippen molar-refractivity contribution in [3.05, 3.63) is 34.6 Å². The zero-order valence-electron chi connectivity index (χ0n) is 16.6. The fourth-order valence-electron chi connectivity index (χ4n) is 2.98. The Morgan fingerprint density at radius 1 is 1.28 bits per heavy atom. The van der Waals surface area contributed by atoms with Gasteiger partial charge in [-0.3, -0.25) is 0 Å². The molecule has 0 saturated heterocycles. The fraction of sp³-hybridized carbons (Fsp3) is 0.421. The average molecular weight is 439 g/mol. The molecule has 154 valence electrons. The Morgan fingerprint density at radius 3 is 2.62 bits per heavy atom. The average Bonchev–Trinajstić information content (AvgIpc) is 3.21. The quantitative estimate of drug-likeness (QED) is 0.367. The summed E-state index contributed by atoms with van der Waals surface area (Å²) in [7, 11) is -1.22. The number of ether oxygens (including phenoxy) is 1. The van der Waals surface area contributed by atoms with E-state index in [1.807, 2.05) is 6.07 Å². The molecule has 3 aromatic rings. The minimum Gasteiger partial charge on any atom is -0.360 e. The van der Waals surface area contributed by atoms with Gasteiger partial charge in [0.2, 0.25) is 0 Å². The first-order chi connectivity index (χ1) is 13.5. The van der Waals surface area contributed by atoms with Crippen LogP contribution in [0.1, 0.15) is 17.0 Å². The molecule has 10 heteroatoms. The second kappa shape index (κ2) is 7.89. The zero-order valence-corrected chi connectivity index (χ0v) is 18.4. The molecule has 29 heavy (non-hydrogen) atoms. The number of alkyl halides is 3. The second-order valence-electron chi connectivity index (χ2n) is 7.96. The summed E-state index contributed by atoms with van der Waals surface area (Å²) in [6, 6.07) is 5.46. The molecule has 2 heterocycles. The molecule has 0 aliphatic rings. The number of hydrogen-bond donors (Lipinski definition) is 0. The lowest BCUT2D eigenvalue weighted by atomic mass is 10.0. The summed E-state index contributed by atoms with van der Waals surface area (Å²) in [5, 5.41) is 13.8. The van der Waals surface area contributed by atoms with Crippen molar-refractivity contribution in [3.8, 4) is 17.2 Å². The minimum absolute atomic E-state index is 0.0532. The molecule has 0 aliphatic carbocycles. The molecule has 2 aromatic heterocycles. The smallest absolute Gasteiger partial charge is 0.360 e. The van der Waals surface area contributed by atoms with Crippen LogP contribution in [0.5, 0.6) is 0 Å². The second-order valence-corrected chi connectivity index (χ2v) is 14.4. The van der Waals surface area contributed by atoms with Crippen molar-refractivity contribution in [1.82, 2.24) is 14.8 Å². The number of benzene rings is 1. The van der Waals surface area contributed by atoms with Gasteiger partial charge in [-0.25, -0.2) is 9.67 Å². The van der Waals surface area contributed by atoms with Gasteiger partial charge in [0, 0.05) is 31.5 Å². The number of nitriles is 1. The lowest BCUT2D eigenvalue weighted by Gasteiger charge is -2.15. The Kier molecular flexibility index (Phi) is 5.85. The Balaban J connectivity index is 1.99. The van der Waals surface area contributed by atoms with Gasteiger partial charge in [-0.15, -0.1) is 11.3 Å². The number of halogens is 3. The monoisotopic (exact) mass is 438 g/mol. The highest BCUT2D eigenvalue weighted by Crippen LogP contribution is 2.41. The van der Waals surface area contributed by atoms with E-state index in [4.69, 9.17) is 4.74 Å². The largest absolute Gasteiger partial charge is 0.417 e. The Hall–Kier alpha value is -2.22. The molecule has 0 N–H and O–H groups in total. The Morgan fingerprint density at radius 2 is 2.00 bits per heavy atom. The molecular formula is C19H21F3N4OSSi. The van der Waals surface area contributed by atoms with Crippen LogP contribution in [-0.4, -0.2) is 29.4 Å². The van der Waals surface area contributed by atoms with E-state index < -0.39 is 19.8 Å². The maximum atomic E-state index is 13.3. The lowest BCUT2D eigenvalue weighted by molar-refractivity contribution is -0.136. The van der Waals surface area contributed by atoms with Crippen molar-refractivity contribution in [2.24, 2.45) is 0 Å². The normalized spacial score (nSPS) is 12.5. The zero-order chi connectivity index (χ0) is 21.4. The van der Waals surface area contributed by atoms with Gasteiger partial charge in [0.15, 0.2) is 5.69 Å². The third-order valence-electron chi connectivity index (χ3n) is 4.58. The minimum atomic E-state index is -4.47. The van der Waals surface area contributed by atoms with E-state index in [0.29, 0.717) is 23.4 Å². The molecule has 1 aromatic carbocycles. The van der Waals surface area contributed by atoms with Gasteiger partial charge in [-0.05, 0) is 19.0 Å². The number of fused-ring (bicyclic) bond motifs is 1. The van der Waals surface area contributed by atoms with E-state index in [9.17, 15) is 18.4 Å². The first-order valence-electron chi connectivity index (χ1n) is 9.02. The molecule has 3 rings (SSSR count). The maximum absolute atomic E-state index is 13.3. The van der Waals surface area contributed by atoms with Crippen LogP contribution in [0.2, 0.25) is 25.7 Å².